The third-order valence-corrected chi connectivity index (χ3v) is 6.59. The van der Waals surface area contributed by atoms with Crippen LogP contribution in [-0.4, -0.2) is 187 Å². The summed E-state index contributed by atoms with van der Waals surface area (Å²) in [7, 11) is 0. The monoisotopic (exact) mass is 731 g/mol. The Bertz CT molecular complexity index is 864. The number of carbonyl (C=O) groups excluding carboxylic acids is 4. The fourth-order valence-electron chi connectivity index (χ4n) is 3.77. The van der Waals surface area contributed by atoms with Crippen molar-refractivity contribution in [3.63, 3.8) is 0 Å². The number of aliphatic hydroxyl groups excluding tert-OH is 8. The molecular weight excluding hydrogens is 670 g/mol. The lowest BCUT2D eigenvalue weighted by Gasteiger charge is -2.22. The molecule has 20 nitrogen and oxygen atoms in total. The highest BCUT2D eigenvalue weighted by Gasteiger charge is 2.32. The van der Waals surface area contributed by atoms with E-state index in [0.717, 1.165) is 6.42 Å². The predicted octanol–water partition coefficient (Wildman–Crippen LogP) is -6.05. The first-order valence-electron chi connectivity index (χ1n) is 16.7. The van der Waals surface area contributed by atoms with E-state index in [0.29, 0.717) is 65.2 Å². The molecule has 0 aliphatic heterocycles. The van der Waals surface area contributed by atoms with Gasteiger partial charge >= 0.3 is 0 Å². The van der Waals surface area contributed by atoms with E-state index in [4.69, 9.17) is 25.1 Å². The maximum Gasteiger partial charge on any atom is 0.251 e. The smallest absolute Gasteiger partial charge is 0.251 e. The van der Waals surface area contributed by atoms with Crippen LogP contribution in [0.15, 0.2) is 0 Å². The second-order valence-electron chi connectivity index (χ2n) is 11.0. The summed E-state index contributed by atoms with van der Waals surface area (Å²) in [6.07, 6.45) is -8.42. The molecule has 296 valence electrons. The van der Waals surface area contributed by atoms with Crippen molar-refractivity contribution < 1.29 is 74.2 Å². The Kier molecular flexibility index (Phi) is 33.2. The first-order chi connectivity index (χ1) is 23.9. The molecule has 0 aliphatic rings. The number of carbonyl (C=O) groups is 4. The van der Waals surface area contributed by atoms with Gasteiger partial charge in [-0.3, -0.25) is 19.2 Å². The average molecular weight is 732 g/mol. The third-order valence-electron chi connectivity index (χ3n) is 6.59. The summed E-state index contributed by atoms with van der Waals surface area (Å²) in [6, 6.07) is 0. The topological polar surface area (TPSA) is 332 Å². The number of ether oxygens (including phenoxy) is 3. The summed E-state index contributed by atoms with van der Waals surface area (Å²) in [5, 5.41) is 85.7. The SMILES string of the molecule is CCCOCCOCCNC(=O)C(O)C(O)C(O)CC(=O)NCCOCCN.O=CNCCCCC(O)CNC(=O)C(O)C(O)C(O)CCO. The Labute approximate surface area is 292 Å². The highest BCUT2D eigenvalue weighted by Crippen LogP contribution is 2.06. The fourth-order valence-corrected chi connectivity index (χ4v) is 3.77. The molecule has 0 saturated carbocycles. The third kappa shape index (κ3) is 27.2. The normalized spacial score (nSPS) is 15.2. The molecule has 0 aromatic heterocycles. The highest BCUT2D eigenvalue weighted by atomic mass is 16.5. The van der Waals surface area contributed by atoms with Crippen LogP contribution in [0.5, 0.6) is 0 Å². The summed E-state index contributed by atoms with van der Waals surface area (Å²) in [5.41, 5.74) is 5.25. The van der Waals surface area contributed by atoms with Crippen molar-refractivity contribution in [1.82, 2.24) is 21.3 Å². The average Bonchev–Trinajstić information content (AvgIpc) is 3.10. The van der Waals surface area contributed by atoms with E-state index in [-0.39, 0.29) is 45.9 Å². The van der Waals surface area contributed by atoms with E-state index < -0.39 is 66.9 Å². The zero-order valence-corrected chi connectivity index (χ0v) is 28.9. The first kappa shape index (κ1) is 49.5. The molecule has 0 rings (SSSR count). The van der Waals surface area contributed by atoms with Crippen molar-refractivity contribution in [2.75, 3.05) is 79.0 Å². The van der Waals surface area contributed by atoms with Crippen LogP contribution in [0.2, 0.25) is 0 Å². The van der Waals surface area contributed by atoms with E-state index in [1.807, 2.05) is 6.92 Å². The van der Waals surface area contributed by atoms with Gasteiger partial charge < -0.3 is 82.1 Å². The van der Waals surface area contributed by atoms with Crippen molar-refractivity contribution in [3.8, 4) is 0 Å². The molecule has 0 fully saturated rings. The molecule has 0 aromatic carbocycles. The molecule has 7 atom stereocenters. The van der Waals surface area contributed by atoms with Crippen molar-refractivity contribution >= 4 is 24.1 Å². The summed E-state index contributed by atoms with van der Waals surface area (Å²) >= 11 is 0. The zero-order chi connectivity index (χ0) is 38.2. The molecule has 4 amide bonds. The van der Waals surface area contributed by atoms with Crippen LogP contribution in [-0.2, 0) is 33.4 Å². The van der Waals surface area contributed by atoms with Crippen LogP contribution in [0.4, 0.5) is 0 Å². The summed E-state index contributed by atoms with van der Waals surface area (Å²) in [4.78, 5) is 45.0. The standard InChI is InChI=1S/C17H35N3O8.C13H26N2O7/c1-2-6-26-10-11-28-9-5-20-17(25)16(24)15(23)13(21)12-14(22)19-4-8-27-7-3-18;16-6-4-10(19)11(20)12(21)13(22)15-7-9(18)3-1-2-5-14-8-17/h13,15-16,21,23-24H,2-12,18H2,1H3,(H,19,22)(H,20,25);8-12,16,18-21H,1-7H2,(H,14,17)(H,15,22). The minimum Gasteiger partial charge on any atom is -0.396 e. The van der Waals surface area contributed by atoms with E-state index in [1.54, 1.807) is 0 Å². The number of rotatable bonds is 31. The van der Waals surface area contributed by atoms with Gasteiger partial charge in [-0.25, -0.2) is 0 Å². The number of hydrogen-bond acceptors (Lipinski definition) is 16. The Morgan fingerprint density at radius 2 is 1.26 bits per heavy atom. The fraction of sp³-hybridized carbons (Fsp3) is 0.867. The van der Waals surface area contributed by atoms with Crippen LogP contribution < -0.4 is 27.0 Å². The molecule has 0 aromatic rings. The number of aliphatic hydroxyl groups is 8. The Morgan fingerprint density at radius 3 is 1.84 bits per heavy atom. The molecule has 0 radical (unpaired) electrons. The number of nitrogens with two attached hydrogens (primary N) is 1. The Hall–Kier alpha value is -2.60. The second-order valence-corrected chi connectivity index (χ2v) is 11.0. The van der Waals surface area contributed by atoms with Crippen molar-refractivity contribution in [2.24, 2.45) is 5.73 Å². The van der Waals surface area contributed by atoms with E-state index >= 15 is 0 Å². The zero-order valence-electron chi connectivity index (χ0n) is 28.9. The van der Waals surface area contributed by atoms with Crippen molar-refractivity contribution in [3.05, 3.63) is 0 Å². The van der Waals surface area contributed by atoms with Crippen LogP contribution in [0.25, 0.3) is 0 Å². The van der Waals surface area contributed by atoms with E-state index in [1.165, 1.54) is 0 Å². The van der Waals surface area contributed by atoms with E-state index in [9.17, 15) is 54.9 Å². The molecule has 0 spiro atoms. The summed E-state index contributed by atoms with van der Waals surface area (Å²) in [5.74, 6) is -2.33. The van der Waals surface area contributed by atoms with Gasteiger partial charge in [0.05, 0.1) is 57.8 Å². The molecule has 0 heterocycles. The van der Waals surface area contributed by atoms with Gasteiger partial charge in [-0.1, -0.05) is 6.92 Å². The van der Waals surface area contributed by atoms with E-state index in [2.05, 4.69) is 21.3 Å². The number of hydrogen-bond donors (Lipinski definition) is 13. The van der Waals surface area contributed by atoms with Crippen molar-refractivity contribution in [1.29, 1.82) is 0 Å². The number of unbranched alkanes of at least 4 members (excludes halogenated alkanes) is 1. The number of nitrogens with one attached hydrogen (secondary N) is 4. The van der Waals surface area contributed by atoms with Gasteiger partial charge in [0, 0.05) is 45.9 Å². The van der Waals surface area contributed by atoms with Gasteiger partial charge in [-0.15, -0.1) is 0 Å². The lowest BCUT2D eigenvalue weighted by molar-refractivity contribution is -0.143. The van der Waals surface area contributed by atoms with Gasteiger partial charge in [0.2, 0.25) is 12.3 Å². The second kappa shape index (κ2) is 33.5. The van der Waals surface area contributed by atoms with Gasteiger partial charge in [0.25, 0.3) is 11.8 Å². The van der Waals surface area contributed by atoms with Crippen molar-refractivity contribution in [2.45, 2.75) is 88.2 Å². The minimum atomic E-state index is -1.87. The Morgan fingerprint density at radius 1 is 0.700 bits per heavy atom. The van der Waals surface area contributed by atoms with Crippen LogP contribution in [0.3, 0.4) is 0 Å². The maximum atomic E-state index is 11.8. The highest BCUT2D eigenvalue weighted by molar-refractivity contribution is 5.82. The lowest BCUT2D eigenvalue weighted by atomic mass is 10.0. The number of amides is 4. The Balaban J connectivity index is 0. The summed E-state index contributed by atoms with van der Waals surface area (Å²) in [6.45, 7) is 5.08. The van der Waals surface area contributed by atoms with Crippen LogP contribution in [0, 0.1) is 0 Å². The van der Waals surface area contributed by atoms with Gasteiger partial charge in [0.1, 0.15) is 12.2 Å². The lowest BCUT2D eigenvalue weighted by Crippen LogP contribution is -2.49. The molecule has 50 heavy (non-hydrogen) atoms. The van der Waals surface area contributed by atoms with Gasteiger partial charge in [-0.05, 0) is 32.1 Å². The minimum absolute atomic E-state index is 0.0974. The molecular formula is C30H61N5O15. The molecule has 7 unspecified atom stereocenters. The predicted molar refractivity (Wildman–Crippen MR) is 177 cm³/mol. The largest absolute Gasteiger partial charge is 0.396 e. The molecule has 0 saturated heterocycles. The van der Waals surface area contributed by atoms with Gasteiger partial charge in [0.15, 0.2) is 12.2 Å². The molecule has 20 heteroatoms. The quantitative estimate of drug-likeness (QED) is 0.0233. The molecule has 14 N–H and O–H groups in total. The van der Waals surface area contributed by atoms with Crippen LogP contribution >= 0.6 is 0 Å². The molecule has 0 bridgehead atoms. The molecule has 0 aliphatic carbocycles. The van der Waals surface area contributed by atoms with Gasteiger partial charge in [-0.2, -0.15) is 0 Å². The summed E-state index contributed by atoms with van der Waals surface area (Å²) < 4.78 is 15.5. The maximum absolute atomic E-state index is 11.8. The first-order valence-corrected chi connectivity index (χ1v) is 16.7. The van der Waals surface area contributed by atoms with Crippen LogP contribution in [0.1, 0.15) is 45.4 Å².